The third-order valence-corrected chi connectivity index (χ3v) is 6.66. The Balaban J connectivity index is 1.35. The Morgan fingerprint density at radius 1 is 1.19 bits per heavy atom. The molecule has 0 radical (unpaired) electrons. The monoisotopic (exact) mass is 510 g/mol. The maximum Gasteiger partial charge on any atom is 0.439 e. The summed E-state index contributed by atoms with van der Waals surface area (Å²) in [5.41, 5.74) is 2.60. The molecule has 2 N–H and O–H groups in total. The van der Waals surface area contributed by atoms with Crippen molar-refractivity contribution in [1.82, 2.24) is 24.7 Å². The van der Waals surface area contributed by atoms with Crippen LogP contribution in [0.1, 0.15) is 12.6 Å². The van der Waals surface area contributed by atoms with Crippen LogP contribution < -0.4 is 20.5 Å². The number of rotatable bonds is 10. The summed E-state index contributed by atoms with van der Waals surface area (Å²) in [6.45, 7) is 4.65. The number of fused-ring (bicyclic) bond motifs is 1. The summed E-state index contributed by atoms with van der Waals surface area (Å²) < 4.78 is 30.5. The molecule has 0 aliphatic rings. The zero-order valence-electron chi connectivity index (χ0n) is 19.6. The number of nitrogens with one attached hydrogen (secondary N) is 2. The predicted molar refractivity (Wildman–Crippen MR) is 134 cm³/mol. The molecular weight excluding hydrogens is 487 g/mol. The molecule has 0 aliphatic carbocycles. The molecular formula is C24H23FN6O4S. The Morgan fingerprint density at radius 2 is 2.08 bits per heavy atom. The van der Waals surface area contributed by atoms with Gasteiger partial charge in [-0.25, -0.2) is 19.2 Å². The van der Waals surface area contributed by atoms with Crippen molar-refractivity contribution in [3.8, 4) is 32.8 Å². The van der Waals surface area contributed by atoms with Crippen molar-refractivity contribution in [2.45, 2.75) is 20.4 Å². The van der Waals surface area contributed by atoms with Crippen molar-refractivity contribution < 1.29 is 18.4 Å². The summed E-state index contributed by atoms with van der Waals surface area (Å²) in [7, 11) is 0. The molecule has 4 aromatic heterocycles. The number of H-pyrrole nitrogens is 1. The first kappa shape index (κ1) is 23.5. The number of ether oxygens (including phenoxy) is 2. The van der Waals surface area contributed by atoms with Gasteiger partial charge in [0.25, 0.3) is 0 Å². The summed E-state index contributed by atoms with van der Waals surface area (Å²) in [4.78, 5) is 24.2. The maximum absolute atomic E-state index is 12.9. The lowest BCUT2D eigenvalue weighted by molar-refractivity contribution is 0.193. The summed E-state index contributed by atoms with van der Waals surface area (Å²) in [6, 6.07) is 11.3. The number of benzene rings is 1. The molecule has 10 nitrogen and oxygen atoms in total. The average molecular weight is 511 g/mol. The van der Waals surface area contributed by atoms with Crippen LogP contribution in [0.5, 0.6) is 11.5 Å². The van der Waals surface area contributed by atoms with Gasteiger partial charge in [0.1, 0.15) is 28.5 Å². The Labute approximate surface area is 208 Å². The number of aromatic nitrogens is 5. The van der Waals surface area contributed by atoms with Crippen molar-refractivity contribution in [2.24, 2.45) is 0 Å². The van der Waals surface area contributed by atoms with E-state index in [-0.39, 0.29) is 0 Å². The second-order valence-corrected chi connectivity index (χ2v) is 8.83. The molecule has 0 saturated heterocycles. The molecule has 1 aromatic carbocycles. The first-order valence-corrected chi connectivity index (χ1v) is 12.1. The molecule has 4 heterocycles. The summed E-state index contributed by atoms with van der Waals surface area (Å²) in [5.74, 6) is 1.41. The molecule has 0 saturated carbocycles. The van der Waals surface area contributed by atoms with Crippen molar-refractivity contribution in [3.05, 3.63) is 59.0 Å². The third-order valence-electron chi connectivity index (χ3n) is 5.51. The molecule has 0 fully saturated rings. The largest absolute Gasteiger partial charge is 0.492 e. The van der Waals surface area contributed by atoms with E-state index in [1.54, 1.807) is 6.07 Å². The lowest BCUT2D eigenvalue weighted by Gasteiger charge is -2.12. The van der Waals surface area contributed by atoms with E-state index in [9.17, 15) is 9.18 Å². The first-order chi connectivity index (χ1) is 17.6. The van der Waals surface area contributed by atoms with Crippen LogP contribution in [0.2, 0.25) is 0 Å². The maximum atomic E-state index is 12.9. The van der Waals surface area contributed by atoms with Gasteiger partial charge in [-0.1, -0.05) is 17.3 Å². The highest BCUT2D eigenvalue weighted by Gasteiger charge is 2.18. The van der Waals surface area contributed by atoms with Crippen molar-refractivity contribution >= 4 is 28.1 Å². The van der Waals surface area contributed by atoms with Gasteiger partial charge in [0.15, 0.2) is 5.82 Å². The fourth-order valence-electron chi connectivity index (χ4n) is 4.03. The van der Waals surface area contributed by atoms with Gasteiger partial charge in [-0.2, -0.15) is 0 Å². The first-order valence-electron chi connectivity index (χ1n) is 11.2. The number of thiophene rings is 1. The lowest BCUT2D eigenvalue weighted by atomic mass is 10.2. The number of nitrogens with zero attached hydrogens (tertiary/aromatic N) is 4. The fraction of sp³-hybridized carbons (Fsp3) is 0.250. The van der Waals surface area contributed by atoms with E-state index in [0.29, 0.717) is 53.4 Å². The normalized spacial score (nSPS) is 11.2. The number of aryl methyl sites for hydroxylation is 1. The van der Waals surface area contributed by atoms with Crippen LogP contribution in [0, 0.1) is 6.92 Å². The Morgan fingerprint density at radius 3 is 2.86 bits per heavy atom. The smallest absolute Gasteiger partial charge is 0.439 e. The van der Waals surface area contributed by atoms with E-state index in [2.05, 4.69) is 40.6 Å². The van der Waals surface area contributed by atoms with Crippen LogP contribution in [0.4, 0.5) is 10.2 Å². The Bertz CT molecular complexity index is 1560. The van der Waals surface area contributed by atoms with Gasteiger partial charge >= 0.3 is 5.76 Å². The quantitative estimate of drug-likeness (QED) is 0.279. The highest BCUT2D eigenvalue weighted by molar-refractivity contribution is 7.19. The molecule has 12 heteroatoms. The molecule has 36 heavy (non-hydrogen) atoms. The van der Waals surface area contributed by atoms with Crippen molar-refractivity contribution in [1.29, 1.82) is 0 Å². The van der Waals surface area contributed by atoms with Gasteiger partial charge in [-0.05, 0) is 26.0 Å². The summed E-state index contributed by atoms with van der Waals surface area (Å²) in [5, 5.41) is 8.10. The van der Waals surface area contributed by atoms with Gasteiger partial charge < -0.3 is 19.4 Å². The standard InChI is InChI=1S/C24H23FN6O4S/c1-3-33-18-11-19(36-22(18)23-29-24(32)35-30-23)16-10-20(28-13-27-16)26-7-8-31-14(2)9-15-5-4-6-17(21(15)31)34-12-25/h4-6,9-11,13H,3,7-8,12H2,1-2H3,(H,26,27,28)(H,29,30,32). The van der Waals surface area contributed by atoms with Gasteiger partial charge in [-0.15, -0.1) is 11.3 Å². The molecule has 186 valence electrons. The van der Waals surface area contributed by atoms with Crippen LogP contribution in [-0.4, -0.2) is 44.7 Å². The molecule has 0 aliphatic heterocycles. The minimum absolute atomic E-state index is 0.303. The van der Waals surface area contributed by atoms with E-state index in [4.69, 9.17) is 9.47 Å². The molecule has 0 unspecified atom stereocenters. The third kappa shape index (κ3) is 4.67. The van der Waals surface area contributed by atoms with Crippen molar-refractivity contribution in [2.75, 3.05) is 25.3 Å². The van der Waals surface area contributed by atoms with Crippen LogP contribution in [0.3, 0.4) is 0 Å². The van der Waals surface area contributed by atoms with Crippen LogP contribution >= 0.6 is 11.3 Å². The zero-order chi connectivity index (χ0) is 25.1. The van der Waals surface area contributed by atoms with Crippen LogP contribution in [-0.2, 0) is 6.54 Å². The SMILES string of the molecule is CCOc1cc(-c2cc(NCCn3c(C)cc4cccc(OCF)c43)ncn2)sc1-c1noc(=O)[nH]1. The number of para-hydroxylation sites is 1. The number of hydrogen-bond acceptors (Lipinski definition) is 9. The topological polar surface area (TPSA) is 120 Å². The van der Waals surface area contributed by atoms with E-state index in [1.165, 1.54) is 17.7 Å². The number of alkyl halides is 1. The van der Waals surface area contributed by atoms with Crippen LogP contribution in [0.15, 0.2) is 52.0 Å². The molecule has 0 spiro atoms. The second-order valence-electron chi connectivity index (χ2n) is 7.78. The van der Waals surface area contributed by atoms with E-state index in [0.717, 1.165) is 21.5 Å². The molecule has 5 aromatic rings. The lowest BCUT2D eigenvalue weighted by Crippen LogP contribution is -2.12. The number of halogens is 1. The Kier molecular flexibility index (Phi) is 6.67. The number of aromatic amines is 1. The van der Waals surface area contributed by atoms with Gasteiger partial charge in [0.2, 0.25) is 6.86 Å². The second kappa shape index (κ2) is 10.2. The fourth-order valence-corrected chi connectivity index (χ4v) is 5.03. The molecule has 5 rings (SSSR count). The molecule has 0 atom stereocenters. The minimum Gasteiger partial charge on any atom is -0.492 e. The predicted octanol–water partition coefficient (Wildman–Crippen LogP) is 4.63. The average Bonchev–Trinajstić information content (AvgIpc) is 3.57. The Hall–Kier alpha value is -4.19. The number of hydrogen-bond donors (Lipinski definition) is 2. The van der Waals surface area contributed by atoms with Crippen LogP contribution in [0.25, 0.3) is 32.2 Å². The van der Waals surface area contributed by atoms with E-state index >= 15 is 0 Å². The summed E-state index contributed by atoms with van der Waals surface area (Å²) in [6.07, 6.45) is 1.49. The molecule has 0 bridgehead atoms. The zero-order valence-corrected chi connectivity index (χ0v) is 20.4. The highest BCUT2D eigenvalue weighted by atomic mass is 32.1. The van der Waals surface area contributed by atoms with Crippen molar-refractivity contribution in [3.63, 3.8) is 0 Å². The number of anilines is 1. The van der Waals surface area contributed by atoms with E-state index in [1.807, 2.05) is 38.1 Å². The molecule has 0 amide bonds. The van der Waals surface area contributed by atoms with Gasteiger partial charge in [0, 0.05) is 36.3 Å². The van der Waals surface area contributed by atoms with Gasteiger partial charge in [0.05, 0.1) is 22.7 Å². The highest BCUT2D eigenvalue weighted by Crippen LogP contribution is 2.41. The van der Waals surface area contributed by atoms with Gasteiger partial charge in [-0.3, -0.25) is 9.51 Å². The van der Waals surface area contributed by atoms with E-state index < -0.39 is 12.6 Å². The summed E-state index contributed by atoms with van der Waals surface area (Å²) >= 11 is 1.37. The minimum atomic E-state index is -0.881.